The highest BCUT2D eigenvalue weighted by atomic mass is 16.1. The maximum absolute atomic E-state index is 13.6. The van der Waals surface area contributed by atoms with Gasteiger partial charge in [-0.25, -0.2) is 0 Å². The number of rotatable bonds is 8. The second-order valence-corrected chi connectivity index (χ2v) is 7.22. The number of ketones is 1. The lowest BCUT2D eigenvalue weighted by atomic mass is 9.98. The van der Waals surface area contributed by atoms with E-state index in [1.807, 2.05) is 41.0 Å². The Labute approximate surface area is 179 Å². The largest absolute Gasteiger partial charge is 0.347 e. The highest BCUT2D eigenvalue weighted by Gasteiger charge is 2.17. The van der Waals surface area contributed by atoms with Gasteiger partial charge < -0.3 is 4.57 Å². The minimum Gasteiger partial charge on any atom is -0.347 e. The summed E-state index contributed by atoms with van der Waals surface area (Å²) in [6, 6.07) is 13.3. The molecule has 2 nitrogen and oxygen atoms in total. The van der Waals surface area contributed by atoms with Crippen molar-refractivity contribution in [1.29, 1.82) is 0 Å². The average molecular weight is 387 g/mol. The van der Waals surface area contributed by atoms with Gasteiger partial charge in [0, 0.05) is 29.6 Å². The van der Waals surface area contributed by atoms with Gasteiger partial charge in [-0.2, -0.15) is 0 Å². The summed E-state index contributed by atoms with van der Waals surface area (Å²) in [6.07, 6.45) is 5.82. The predicted octanol–water partition coefficient (Wildman–Crippen LogP) is 7.12. The maximum atomic E-state index is 13.6. The molecule has 0 fully saturated rings. The van der Waals surface area contributed by atoms with Gasteiger partial charge in [-0.3, -0.25) is 4.79 Å². The number of unbranched alkanes of at least 4 members (excludes halogenated alkanes) is 3. The molecule has 0 spiro atoms. The molecule has 0 aliphatic carbocycles. The molecule has 0 N–H and O–H groups in total. The fourth-order valence-electron chi connectivity index (χ4n) is 3.70. The van der Waals surface area contributed by atoms with Crippen LogP contribution in [-0.2, 0) is 6.54 Å². The number of nitrogens with zero attached hydrogens (tertiary/aromatic N) is 1. The molecule has 3 aromatic carbocycles. The van der Waals surface area contributed by atoms with E-state index in [-0.39, 0.29) is 35.5 Å². The second-order valence-electron chi connectivity index (χ2n) is 7.22. The van der Waals surface area contributed by atoms with Crippen LogP contribution >= 0.6 is 0 Å². The fraction of sp³-hybridized carbons (Fsp3) is 0.222. The van der Waals surface area contributed by atoms with Gasteiger partial charge >= 0.3 is 0 Å². The van der Waals surface area contributed by atoms with Gasteiger partial charge in [0.25, 0.3) is 0 Å². The number of carbonyl (C=O) groups is 1. The fourth-order valence-corrected chi connectivity index (χ4v) is 3.70. The molecule has 0 saturated heterocycles. The number of hydrogen-bond acceptors (Lipinski definition) is 1. The first-order valence-corrected chi connectivity index (χ1v) is 10.1. The molecule has 1 heterocycles. The molecular weight excluding hydrogens is 354 g/mol. The lowest BCUT2D eigenvalue weighted by Gasteiger charge is -2.09. The summed E-state index contributed by atoms with van der Waals surface area (Å²) >= 11 is 0. The highest BCUT2D eigenvalue weighted by molar-refractivity contribution is 6.16. The Morgan fingerprint density at radius 2 is 1.76 bits per heavy atom. The van der Waals surface area contributed by atoms with Gasteiger partial charge in [-0.1, -0.05) is 98.9 Å². The van der Waals surface area contributed by atoms with Crippen LogP contribution < -0.4 is 0 Å². The molecule has 4 aromatic rings. The summed E-state index contributed by atoms with van der Waals surface area (Å²) < 4.78 is 42.8. The van der Waals surface area contributed by atoms with Gasteiger partial charge in [0.1, 0.15) is 0 Å². The van der Waals surface area contributed by atoms with Crippen LogP contribution in [0.1, 0.15) is 55.4 Å². The molecule has 0 amide bonds. The van der Waals surface area contributed by atoms with E-state index >= 15 is 0 Å². The van der Waals surface area contributed by atoms with Crippen LogP contribution in [0.3, 0.4) is 0 Å². The molecule has 0 aliphatic heterocycles. The van der Waals surface area contributed by atoms with Crippen LogP contribution in [0.15, 0.2) is 84.9 Å². The maximum Gasteiger partial charge on any atom is 0.195 e. The standard InChI is InChI=1S/C27H27NO/c1-2-3-4-10-18-28-20-23(19-26(28)22-13-6-5-7-14-22)27(29)25-17-11-15-21-12-8-9-16-24(21)25/h5-9,11-17,19-20H,2-4,10,18H2,1H3/i5D,6D,7D,13D,14D. The number of aryl methyl sites for hydroxylation is 1. The zero-order valence-electron chi connectivity index (χ0n) is 21.6. The third kappa shape index (κ3) is 4.17. The number of benzene rings is 3. The van der Waals surface area contributed by atoms with E-state index in [0.717, 1.165) is 36.5 Å². The Hall–Kier alpha value is -3.13. The Kier molecular flexibility index (Phi) is 4.29. The molecule has 146 valence electrons. The van der Waals surface area contributed by atoms with Crippen molar-refractivity contribution >= 4 is 16.6 Å². The summed E-state index contributed by atoms with van der Waals surface area (Å²) in [4.78, 5) is 13.6. The monoisotopic (exact) mass is 386 g/mol. The average Bonchev–Trinajstić information content (AvgIpc) is 3.27. The number of carbonyl (C=O) groups excluding carboxylic acids is 1. The Morgan fingerprint density at radius 3 is 2.59 bits per heavy atom. The molecule has 29 heavy (non-hydrogen) atoms. The van der Waals surface area contributed by atoms with Gasteiger partial charge in [0.15, 0.2) is 5.78 Å². The SMILES string of the molecule is [2H]c1c([2H])c([2H])c(-c2cc(C(=O)c3cccc4ccccc34)cn2CCCCCC)c([2H])c1[2H]. The molecule has 0 bridgehead atoms. The molecule has 0 radical (unpaired) electrons. The number of fused-ring (bicyclic) bond motifs is 1. The van der Waals surface area contributed by atoms with Crippen LogP contribution in [0.2, 0.25) is 0 Å². The normalized spacial score (nSPS) is 13.5. The van der Waals surface area contributed by atoms with Crippen molar-refractivity contribution < 1.29 is 11.6 Å². The van der Waals surface area contributed by atoms with Crippen molar-refractivity contribution in [3.8, 4) is 11.3 Å². The molecule has 2 heteroatoms. The second kappa shape index (κ2) is 8.91. The lowest BCUT2D eigenvalue weighted by molar-refractivity contribution is 0.104. The molecule has 1 aromatic heterocycles. The highest BCUT2D eigenvalue weighted by Crippen LogP contribution is 2.27. The Morgan fingerprint density at radius 1 is 0.966 bits per heavy atom. The summed E-state index contributed by atoms with van der Waals surface area (Å²) in [5.41, 5.74) is 1.61. The lowest BCUT2D eigenvalue weighted by Crippen LogP contribution is -2.02. The smallest absolute Gasteiger partial charge is 0.195 e. The van der Waals surface area contributed by atoms with E-state index in [4.69, 9.17) is 6.85 Å². The quantitative estimate of drug-likeness (QED) is 0.233. The van der Waals surface area contributed by atoms with E-state index < -0.39 is 6.04 Å². The summed E-state index contributed by atoms with van der Waals surface area (Å²) in [7, 11) is 0. The van der Waals surface area contributed by atoms with Crippen LogP contribution in [-0.4, -0.2) is 10.4 Å². The molecule has 0 unspecified atom stereocenters. The number of hydrogen-bond donors (Lipinski definition) is 0. The first-order valence-electron chi connectivity index (χ1n) is 12.6. The Bertz CT molecular complexity index is 1340. The van der Waals surface area contributed by atoms with Crippen molar-refractivity contribution in [3.05, 3.63) is 96.1 Å². The minimum absolute atomic E-state index is 0.124. The molecule has 0 aliphatic rings. The van der Waals surface area contributed by atoms with Crippen molar-refractivity contribution in [2.24, 2.45) is 0 Å². The van der Waals surface area contributed by atoms with Gasteiger partial charge in [0.05, 0.1) is 6.85 Å². The molecule has 0 saturated carbocycles. The third-order valence-electron chi connectivity index (χ3n) is 5.20. The van der Waals surface area contributed by atoms with Crippen LogP contribution in [0.25, 0.3) is 22.0 Å². The van der Waals surface area contributed by atoms with Crippen molar-refractivity contribution in [2.75, 3.05) is 0 Å². The van der Waals surface area contributed by atoms with Crippen LogP contribution in [0.4, 0.5) is 0 Å². The number of aromatic nitrogens is 1. The summed E-state index contributed by atoms with van der Waals surface area (Å²) in [6.45, 7) is 2.73. The first kappa shape index (κ1) is 13.9. The van der Waals surface area contributed by atoms with Crippen molar-refractivity contribution in [1.82, 2.24) is 4.57 Å². The van der Waals surface area contributed by atoms with Gasteiger partial charge in [-0.15, -0.1) is 0 Å². The molecular formula is C27H27NO. The molecule has 0 atom stereocenters. The topological polar surface area (TPSA) is 22.0 Å². The van der Waals surface area contributed by atoms with Gasteiger partial charge in [0.2, 0.25) is 0 Å². The summed E-state index contributed by atoms with van der Waals surface area (Å²) in [5.74, 6) is -0.155. The van der Waals surface area contributed by atoms with E-state index in [1.54, 1.807) is 18.3 Å². The van der Waals surface area contributed by atoms with E-state index in [0.29, 0.717) is 23.4 Å². The van der Waals surface area contributed by atoms with E-state index in [2.05, 4.69) is 6.92 Å². The van der Waals surface area contributed by atoms with E-state index in [1.165, 1.54) is 0 Å². The summed E-state index contributed by atoms with van der Waals surface area (Å²) in [5, 5.41) is 1.83. The zero-order chi connectivity index (χ0) is 24.4. The Balaban J connectivity index is 1.85. The van der Waals surface area contributed by atoms with Crippen molar-refractivity contribution in [3.63, 3.8) is 0 Å². The van der Waals surface area contributed by atoms with Crippen LogP contribution in [0, 0.1) is 0 Å². The third-order valence-corrected chi connectivity index (χ3v) is 5.20. The van der Waals surface area contributed by atoms with Crippen molar-refractivity contribution in [2.45, 2.75) is 39.2 Å². The van der Waals surface area contributed by atoms with E-state index in [9.17, 15) is 4.79 Å². The molecule has 4 rings (SSSR count). The predicted molar refractivity (Wildman–Crippen MR) is 121 cm³/mol. The van der Waals surface area contributed by atoms with Crippen LogP contribution in [0.5, 0.6) is 0 Å². The zero-order valence-corrected chi connectivity index (χ0v) is 16.6. The first-order chi connectivity index (χ1) is 16.3. The van der Waals surface area contributed by atoms with Gasteiger partial charge in [-0.05, 0) is 28.8 Å². The minimum atomic E-state index is -0.424.